The zero-order valence-electron chi connectivity index (χ0n) is 14.8. The molecule has 8 heteroatoms. The fourth-order valence-corrected chi connectivity index (χ4v) is 3.57. The summed E-state index contributed by atoms with van der Waals surface area (Å²) in [4.78, 5) is 4.67. The van der Waals surface area contributed by atoms with Gasteiger partial charge in [0.05, 0.1) is 0 Å². The molecule has 136 valence electrons. The SMILES string of the molecule is C=CCNC(=NCc1nnc(C)n1C)NC1CCCC(SC)C1.I. The molecule has 6 nitrogen and oxygen atoms in total. The molecule has 1 aromatic heterocycles. The molecule has 0 aliphatic heterocycles. The Hall–Kier alpha value is -0.770. The fourth-order valence-electron chi connectivity index (χ4n) is 2.74. The second-order valence-electron chi connectivity index (χ2n) is 5.92. The van der Waals surface area contributed by atoms with Gasteiger partial charge in [0, 0.05) is 24.9 Å². The van der Waals surface area contributed by atoms with Gasteiger partial charge in [-0.15, -0.1) is 40.8 Å². The fraction of sp³-hybridized carbons (Fsp3) is 0.688. The minimum Gasteiger partial charge on any atom is -0.354 e. The lowest BCUT2D eigenvalue weighted by molar-refractivity contribution is 0.419. The lowest BCUT2D eigenvalue weighted by Gasteiger charge is -2.29. The second kappa shape index (κ2) is 11.0. The summed E-state index contributed by atoms with van der Waals surface area (Å²) in [6, 6.07) is 0.485. The first-order chi connectivity index (χ1) is 11.1. The van der Waals surface area contributed by atoms with Crippen molar-refractivity contribution in [2.45, 2.75) is 50.4 Å². The average Bonchev–Trinajstić information content (AvgIpc) is 2.89. The summed E-state index contributed by atoms with van der Waals surface area (Å²) >= 11 is 1.97. The summed E-state index contributed by atoms with van der Waals surface area (Å²) in [7, 11) is 1.97. The molecule has 0 radical (unpaired) electrons. The zero-order chi connectivity index (χ0) is 16.7. The third-order valence-electron chi connectivity index (χ3n) is 4.28. The van der Waals surface area contributed by atoms with Crippen molar-refractivity contribution >= 4 is 41.7 Å². The van der Waals surface area contributed by atoms with Gasteiger partial charge in [0.15, 0.2) is 11.8 Å². The minimum atomic E-state index is 0. The van der Waals surface area contributed by atoms with Crippen LogP contribution in [0.25, 0.3) is 0 Å². The predicted molar refractivity (Wildman–Crippen MR) is 113 cm³/mol. The lowest BCUT2D eigenvalue weighted by atomic mass is 9.95. The molecule has 0 saturated heterocycles. The van der Waals surface area contributed by atoms with Crippen molar-refractivity contribution in [2.24, 2.45) is 12.0 Å². The number of aryl methyl sites for hydroxylation is 1. The quantitative estimate of drug-likeness (QED) is 0.293. The summed E-state index contributed by atoms with van der Waals surface area (Å²) in [5, 5.41) is 15.9. The van der Waals surface area contributed by atoms with E-state index in [2.05, 4.69) is 38.7 Å². The summed E-state index contributed by atoms with van der Waals surface area (Å²) in [6.45, 7) is 6.92. The predicted octanol–water partition coefficient (Wildman–Crippen LogP) is 2.64. The van der Waals surface area contributed by atoms with Crippen LogP contribution in [0.2, 0.25) is 0 Å². The van der Waals surface area contributed by atoms with Crippen LogP contribution in [-0.4, -0.2) is 44.8 Å². The molecule has 0 aromatic carbocycles. The van der Waals surface area contributed by atoms with Gasteiger partial charge in [0.25, 0.3) is 0 Å². The Morgan fingerprint density at radius 3 is 2.88 bits per heavy atom. The van der Waals surface area contributed by atoms with Crippen LogP contribution >= 0.6 is 35.7 Å². The third kappa shape index (κ3) is 6.27. The summed E-state index contributed by atoms with van der Waals surface area (Å²) in [5.41, 5.74) is 0. The van der Waals surface area contributed by atoms with Gasteiger partial charge >= 0.3 is 0 Å². The van der Waals surface area contributed by atoms with Crippen LogP contribution in [0.4, 0.5) is 0 Å². The minimum absolute atomic E-state index is 0. The molecule has 0 amide bonds. The number of guanidine groups is 1. The van der Waals surface area contributed by atoms with Crippen molar-refractivity contribution < 1.29 is 0 Å². The third-order valence-corrected chi connectivity index (χ3v) is 5.37. The molecule has 0 bridgehead atoms. The molecule has 2 rings (SSSR count). The molecule has 1 saturated carbocycles. The van der Waals surface area contributed by atoms with E-state index in [4.69, 9.17) is 0 Å². The van der Waals surface area contributed by atoms with Crippen molar-refractivity contribution in [3.05, 3.63) is 24.3 Å². The van der Waals surface area contributed by atoms with Crippen molar-refractivity contribution in [2.75, 3.05) is 12.8 Å². The van der Waals surface area contributed by atoms with E-state index in [-0.39, 0.29) is 24.0 Å². The van der Waals surface area contributed by atoms with E-state index in [1.165, 1.54) is 25.7 Å². The molecule has 1 aliphatic rings. The topological polar surface area (TPSA) is 67.1 Å². The Bertz CT molecular complexity index is 545. The maximum Gasteiger partial charge on any atom is 0.192 e. The first kappa shape index (κ1) is 21.3. The summed E-state index contributed by atoms with van der Waals surface area (Å²) < 4.78 is 1.97. The first-order valence-corrected chi connectivity index (χ1v) is 9.46. The van der Waals surface area contributed by atoms with Gasteiger partial charge in [-0.3, -0.25) is 0 Å². The largest absolute Gasteiger partial charge is 0.354 e. The summed E-state index contributed by atoms with van der Waals surface area (Å²) in [5.74, 6) is 2.60. The van der Waals surface area contributed by atoms with E-state index in [0.717, 1.165) is 22.9 Å². The van der Waals surface area contributed by atoms with E-state index in [9.17, 15) is 0 Å². The molecule has 2 atom stereocenters. The van der Waals surface area contributed by atoms with Gasteiger partial charge in [-0.25, -0.2) is 4.99 Å². The Balaban J connectivity index is 0.00000288. The molecular formula is C16H29IN6S. The maximum absolute atomic E-state index is 4.67. The standard InChI is InChI=1S/C16H28N6S.HI/c1-5-9-17-16(18-11-15-21-20-12(2)22(15)3)19-13-7-6-8-14(10-13)23-4;/h5,13-14H,1,6-11H2,2-4H3,(H2,17,18,19);1H. The first-order valence-electron chi connectivity index (χ1n) is 8.17. The van der Waals surface area contributed by atoms with Crippen LogP contribution in [0.5, 0.6) is 0 Å². The van der Waals surface area contributed by atoms with Crippen molar-refractivity contribution in [3.8, 4) is 0 Å². The Morgan fingerprint density at radius 2 is 2.25 bits per heavy atom. The van der Waals surface area contributed by atoms with E-state index in [0.29, 0.717) is 19.1 Å². The van der Waals surface area contributed by atoms with E-state index in [1.54, 1.807) is 0 Å². The maximum atomic E-state index is 4.67. The van der Waals surface area contributed by atoms with Gasteiger partial charge in [-0.1, -0.05) is 12.5 Å². The highest BCUT2D eigenvalue weighted by Gasteiger charge is 2.21. The number of rotatable bonds is 6. The lowest BCUT2D eigenvalue weighted by Crippen LogP contribution is -2.45. The Kier molecular flexibility index (Phi) is 9.72. The Labute approximate surface area is 166 Å². The molecule has 1 aromatic rings. The van der Waals surface area contributed by atoms with Gasteiger partial charge < -0.3 is 15.2 Å². The molecule has 2 unspecified atom stereocenters. The normalized spacial score (nSPS) is 21.0. The number of hydrogen-bond acceptors (Lipinski definition) is 4. The van der Waals surface area contributed by atoms with E-state index >= 15 is 0 Å². The highest BCUT2D eigenvalue weighted by molar-refractivity contribution is 14.0. The van der Waals surface area contributed by atoms with Crippen molar-refractivity contribution in [3.63, 3.8) is 0 Å². The molecular weight excluding hydrogens is 435 g/mol. The molecule has 1 heterocycles. The number of thioether (sulfide) groups is 1. The molecule has 24 heavy (non-hydrogen) atoms. The molecule has 0 spiro atoms. The van der Waals surface area contributed by atoms with Gasteiger partial charge in [0.2, 0.25) is 0 Å². The summed E-state index contributed by atoms with van der Waals surface area (Å²) in [6.07, 6.45) is 9.04. The van der Waals surface area contributed by atoms with Crippen molar-refractivity contribution in [1.82, 2.24) is 25.4 Å². The van der Waals surface area contributed by atoms with Crippen molar-refractivity contribution in [1.29, 1.82) is 0 Å². The number of hydrogen-bond donors (Lipinski definition) is 2. The highest BCUT2D eigenvalue weighted by atomic mass is 127. The van der Waals surface area contributed by atoms with Crippen LogP contribution in [0.3, 0.4) is 0 Å². The number of aromatic nitrogens is 3. The van der Waals surface area contributed by atoms with Gasteiger partial charge in [-0.2, -0.15) is 11.8 Å². The second-order valence-corrected chi connectivity index (χ2v) is 7.06. The highest BCUT2D eigenvalue weighted by Crippen LogP contribution is 2.26. The number of nitrogens with one attached hydrogen (secondary N) is 2. The number of aliphatic imine (C=N–C) groups is 1. The molecule has 1 aliphatic carbocycles. The van der Waals surface area contributed by atoms with Crippen LogP contribution < -0.4 is 10.6 Å². The van der Waals surface area contributed by atoms with Crippen LogP contribution in [0.1, 0.15) is 37.3 Å². The van der Waals surface area contributed by atoms with E-state index in [1.807, 2.05) is 36.4 Å². The van der Waals surface area contributed by atoms with Crippen LogP contribution in [0.15, 0.2) is 17.6 Å². The Morgan fingerprint density at radius 1 is 1.46 bits per heavy atom. The van der Waals surface area contributed by atoms with Crippen LogP contribution in [0, 0.1) is 6.92 Å². The van der Waals surface area contributed by atoms with E-state index < -0.39 is 0 Å². The average molecular weight is 464 g/mol. The zero-order valence-corrected chi connectivity index (χ0v) is 17.9. The van der Waals surface area contributed by atoms with Gasteiger partial charge in [0.1, 0.15) is 12.4 Å². The number of halogens is 1. The smallest absolute Gasteiger partial charge is 0.192 e. The van der Waals surface area contributed by atoms with Crippen LogP contribution in [-0.2, 0) is 13.6 Å². The molecule has 1 fully saturated rings. The monoisotopic (exact) mass is 464 g/mol. The van der Waals surface area contributed by atoms with Gasteiger partial charge in [-0.05, 0) is 32.4 Å². The molecule has 2 N–H and O–H groups in total. The number of nitrogens with zero attached hydrogens (tertiary/aromatic N) is 4.